The highest BCUT2D eigenvalue weighted by Crippen LogP contribution is 2.25. The molecule has 0 bridgehead atoms. The molecule has 112 valence electrons. The second-order valence-electron chi connectivity index (χ2n) is 5.14. The van der Waals surface area contributed by atoms with Crippen LogP contribution in [0.3, 0.4) is 0 Å². The second-order valence-corrected chi connectivity index (χ2v) is 5.99. The Morgan fingerprint density at radius 1 is 1.45 bits per heavy atom. The van der Waals surface area contributed by atoms with Gasteiger partial charge in [-0.2, -0.15) is 0 Å². The third-order valence-electron chi connectivity index (χ3n) is 3.63. The molecule has 0 amide bonds. The molecule has 2 rings (SSSR count). The zero-order chi connectivity index (χ0) is 14.5. The van der Waals surface area contributed by atoms with Gasteiger partial charge in [0.25, 0.3) is 0 Å². The van der Waals surface area contributed by atoms with Gasteiger partial charge in [0.2, 0.25) is 0 Å². The molecule has 2 unspecified atom stereocenters. The van der Waals surface area contributed by atoms with Crippen molar-refractivity contribution < 1.29 is 13.5 Å². The van der Waals surface area contributed by atoms with Gasteiger partial charge in [0.05, 0.1) is 10.6 Å². The van der Waals surface area contributed by atoms with Crippen molar-refractivity contribution in [3.8, 4) is 0 Å². The van der Waals surface area contributed by atoms with Crippen LogP contribution >= 0.6 is 15.9 Å². The highest BCUT2D eigenvalue weighted by Gasteiger charge is 2.27. The lowest BCUT2D eigenvalue weighted by atomic mass is 9.98. The van der Waals surface area contributed by atoms with Crippen molar-refractivity contribution in [1.29, 1.82) is 0 Å². The average Bonchev–Trinajstić information content (AvgIpc) is 2.96. The molecule has 2 nitrogen and oxygen atoms in total. The van der Waals surface area contributed by atoms with Crippen LogP contribution in [0.4, 0.5) is 8.78 Å². The van der Waals surface area contributed by atoms with Crippen LogP contribution in [0.2, 0.25) is 0 Å². The van der Waals surface area contributed by atoms with Crippen molar-refractivity contribution in [3.05, 3.63) is 33.8 Å². The van der Waals surface area contributed by atoms with Crippen LogP contribution in [0.1, 0.15) is 31.7 Å². The SMILES string of the molecule is CCCNC(Cc1c(F)ccc(Br)c1F)C1CCCO1. The first kappa shape index (κ1) is 15.9. The molecule has 0 saturated carbocycles. The summed E-state index contributed by atoms with van der Waals surface area (Å²) in [6.45, 7) is 3.63. The summed E-state index contributed by atoms with van der Waals surface area (Å²) in [6.07, 6.45) is 3.28. The van der Waals surface area contributed by atoms with E-state index in [2.05, 4.69) is 28.2 Å². The first-order valence-corrected chi connectivity index (χ1v) is 7.90. The summed E-state index contributed by atoms with van der Waals surface area (Å²) in [7, 11) is 0. The maximum Gasteiger partial charge on any atom is 0.143 e. The van der Waals surface area contributed by atoms with Gasteiger partial charge >= 0.3 is 0 Å². The summed E-state index contributed by atoms with van der Waals surface area (Å²) >= 11 is 3.11. The molecule has 1 heterocycles. The molecule has 1 fully saturated rings. The molecule has 20 heavy (non-hydrogen) atoms. The minimum Gasteiger partial charge on any atom is -0.377 e. The van der Waals surface area contributed by atoms with E-state index in [4.69, 9.17) is 4.74 Å². The second kappa shape index (κ2) is 7.48. The number of halogens is 3. The maximum atomic E-state index is 14.1. The average molecular weight is 348 g/mol. The van der Waals surface area contributed by atoms with Crippen molar-refractivity contribution in [1.82, 2.24) is 5.32 Å². The van der Waals surface area contributed by atoms with Crippen LogP contribution in [-0.4, -0.2) is 25.3 Å². The summed E-state index contributed by atoms with van der Waals surface area (Å²) in [5, 5.41) is 3.36. The third kappa shape index (κ3) is 3.77. The van der Waals surface area contributed by atoms with Crippen LogP contribution < -0.4 is 5.32 Å². The first-order valence-electron chi connectivity index (χ1n) is 7.10. The van der Waals surface area contributed by atoms with E-state index < -0.39 is 11.6 Å². The number of nitrogens with one attached hydrogen (secondary N) is 1. The van der Waals surface area contributed by atoms with Gasteiger partial charge in [-0.25, -0.2) is 8.78 Å². The molecule has 5 heteroatoms. The predicted molar refractivity (Wildman–Crippen MR) is 78.8 cm³/mol. The largest absolute Gasteiger partial charge is 0.377 e. The lowest BCUT2D eigenvalue weighted by Crippen LogP contribution is -2.42. The minimum absolute atomic E-state index is 0.0410. The fourth-order valence-electron chi connectivity index (χ4n) is 2.56. The highest BCUT2D eigenvalue weighted by molar-refractivity contribution is 9.10. The van der Waals surface area contributed by atoms with Crippen molar-refractivity contribution in [3.63, 3.8) is 0 Å². The molecule has 1 aromatic rings. The third-order valence-corrected chi connectivity index (χ3v) is 4.25. The van der Waals surface area contributed by atoms with Gasteiger partial charge < -0.3 is 10.1 Å². The summed E-state index contributed by atoms with van der Waals surface area (Å²) in [4.78, 5) is 0. The Morgan fingerprint density at radius 3 is 2.90 bits per heavy atom. The van der Waals surface area contributed by atoms with E-state index in [0.29, 0.717) is 10.9 Å². The van der Waals surface area contributed by atoms with E-state index >= 15 is 0 Å². The normalized spacial score (nSPS) is 20.3. The van der Waals surface area contributed by atoms with Crippen LogP contribution in [0.15, 0.2) is 16.6 Å². The molecule has 1 aromatic carbocycles. The molecule has 1 saturated heterocycles. The smallest absolute Gasteiger partial charge is 0.143 e. The van der Waals surface area contributed by atoms with Crippen molar-refractivity contribution in [2.45, 2.75) is 44.8 Å². The number of benzene rings is 1. The zero-order valence-corrected chi connectivity index (χ0v) is 13.2. The summed E-state index contributed by atoms with van der Waals surface area (Å²) in [5.74, 6) is -1.00. The van der Waals surface area contributed by atoms with Gasteiger partial charge in [0.1, 0.15) is 11.6 Å². The lowest BCUT2D eigenvalue weighted by Gasteiger charge is -2.25. The minimum atomic E-state index is -0.508. The molecule has 0 aromatic heterocycles. The molecular weight excluding hydrogens is 328 g/mol. The fraction of sp³-hybridized carbons (Fsp3) is 0.600. The number of rotatable bonds is 6. The molecule has 1 N–H and O–H groups in total. The Balaban J connectivity index is 2.16. The Bertz CT molecular complexity index is 450. The Hall–Kier alpha value is -0.520. The Morgan fingerprint density at radius 2 is 2.25 bits per heavy atom. The van der Waals surface area contributed by atoms with E-state index in [0.717, 1.165) is 32.4 Å². The molecule has 1 aliphatic heterocycles. The maximum absolute atomic E-state index is 14.1. The zero-order valence-electron chi connectivity index (χ0n) is 11.6. The van der Waals surface area contributed by atoms with Gasteiger partial charge in [-0.05, 0) is 60.3 Å². The van der Waals surface area contributed by atoms with E-state index in [1.54, 1.807) is 0 Å². The lowest BCUT2D eigenvalue weighted by molar-refractivity contribution is 0.0778. The van der Waals surface area contributed by atoms with Crippen molar-refractivity contribution in [2.24, 2.45) is 0 Å². The Kier molecular flexibility index (Phi) is 5.93. The first-order chi connectivity index (χ1) is 9.63. The number of hydrogen-bond donors (Lipinski definition) is 1. The number of ether oxygens (including phenoxy) is 1. The quantitative estimate of drug-likeness (QED) is 0.790. The summed E-state index contributed by atoms with van der Waals surface area (Å²) in [5.41, 5.74) is 0.128. The monoisotopic (exact) mass is 347 g/mol. The van der Waals surface area contributed by atoms with Crippen LogP contribution in [-0.2, 0) is 11.2 Å². The van der Waals surface area contributed by atoms with Crippen LogP contribution in [0.5, 0.6) is 0 Å². The molecular formula is C15H20BrF2NO. The van der Waals surface area contributed by atoms with Crippen molar-refractivity contribution >= 4 is 15.9 Å². The van der Waals surface area contributed by atoms with Gasteiger partial charge in [-0.15, -0.1) is 0 Å². The van der Waals surface area contributed by atoms with Gasteiger partial charge in [0, 0.05) is 18.2 Å². The van der Waals surface area contributed by atoms with Crippen molar-refractivity contribution in [2.75, 3.05) is 13.2 Å². The predicted octanol–water partition coefficient (Wildman–Crippen LogP) is 3.82. The molecule has 1 aliphatic rings. The summed E-state index contributed by atoms with van der Waals surface area (Å²) in [6, 6.07) is 2.65. The summed E-state index contributed by atoms with van der Waals surface area (Å²) < 4.78 is 33.9. The van der Waals surface area contributed by atoms with Gasteiger partial charge in [0.15, 0.2) is 0 Å². The standard InChI is InChI=1S/C15H20BrF2NO/c1-2-7-19-13(14-4-3-8-20-14)9-10-12(17)6-5-11(16)15(10)18/h5-6,13-14,19H,2-4,7-9H2,1H3. The molecule has 2 atom stereocenters. The highest BCUT2D eigenvalue weighted by atomic mass is 79.9. The molecule has 0 spiro atoms. The van der Waals surface area contributed by atoms with Gasteiger partial charge in [-0.3, -0.25) is 0 Å². The fourth-order valence-corrected chi connectivity index (χ4v) is 2.93. The topological polar surface area (TPSA) is 21.3 Å². The van der Waals surface area contributed by atoms with E-state index in [9.17, 15) is 8.78 Å². The van der Waals surface area contributed by atoms with E-state index in [-0.39, 0.29) is 17.7 Å². The van der Waals surface area contributed by atoms with E-state index in [1.807, 2.05) is 0 Å². The van der Waals surface area contributed by atoms with Crippen LogP contribution in [0.25, 0.3) is 0 Å². The molecule has 0 aliphatic carbocycles. The number of hydrogen-bond acceptors (Lipinski definition) is 2. The molecule has 0 radical (unpaired) electrons. The Labute approximate surface area is 127 Å². The van der Waals surface area contributed by atoms with Gasteiger partial charge in [-0.1, -0.05) is 6.92 Å². The van der Waals surface area contributed by atoms with E-state index in [1.165, 1.54) is 12.1 Å². The van der Waals surface area contributed by atoms with Crippen LogP contribution in [0, 0.1) is 11.6 Å².